The van der Waals surface area contributed by atoms with Gasteiger partial charge < -0.3 is 33.7 Å². The van der Waals surface area contributed by atoms with Crippen molar-refractivity contribution in [2.45, 2.75) is 26.4 Å². The first-order valence-corrected chi connectivity index (χ1v) is 11.1. The molecule has 3 heterocycles. The molecule has 8 heteroatoms. The zero-order chi connectivity index (χ0) is 21.5. The van der Waals surface area contributed by atoms with E-state index in [0.29, 0.717) is 19.6 Å². The van der Waals surface area contributed by atoms with Gasteiger partial charge in [0, 0.05) is 13.0 Å². The maximum atomic E-state index is 13.0. The number of ether oxygens (including phenoxy) is 3. The lowest BCUT2D eigenvalue weighted by atomic mass is 10.2. The molecule has 3 N–H and O–H groups in total. The summed E-state index contributed by atoms with van der Waals surface area (Å²) in [5, 5.41) is 2.11. The van der Waals surface area contributed by atoms with Gasteiger partial charge in [-0.1, -0.05) is 6.07 Å². The molecule has 4 rings (SSSR count). The molecule has 0 aliphatic carbocycles. The van der Waals surface area contributed by atoms with E-state index in [1.807, 2.05) is 42.2 Å². The average Bonchev–Trinajstić information content (AvgIpc) is 3.42. The molecule has 0 bridgehead atoms. The molecule has 0 radical (unpaired) electrons. The quantitative estimate of drug-likeness (QED) is 0.506. The summed E-state index contributed by atoms with van der Waals surface area (Å²) in [5.41, 5.74) is 1.01. The fourth-order valence-corrected chi connectivity index (χ4v) is 4.01. The van der Waals surface area contributed by atoms with Crippen molar-refractivity contribution in [3.8, 4) is 11.5 Å². The highest BCUT2D eigenvalue weighted by atomic mass is 16.7. The smallest absolute Gasteiger partial charge is 0.278 e. The molecule has 8 nitrogen and oxygen atoms in total. The van der Waals surface area contributed by atoms with Gasteiger partial charge in [-0.2, -0.15) is 0 Å². The number of furan rings is 1. The van der Waals surface area contributed by atoms with Crippen molar-refractivity contribution in [2.75, 3.05) is 52.7 Å². The van der Waals surface area contributed by atoms with Gasteiger partial charge in [-0.25, -0.2) is 0 Å². The van der Waals surface area contributed by atoms with Gasteiger partial charge in [-0.15, -0.1) is 0 Å². The zero-order valence-electron chi connectivity index (χ0n) is 18.2. The predicted molar refractivity (Wildman–Crippen MR) is 113 cm³/mol. The van der Waals surface area contributed by atoms with Crippen LogP contribution in [0.1, 0.15) is 23.5 Å². The minimum absolute atomic E-state index is 0.102. The van der Waals surface area contributed by atoms with Crippen LogP contribution in [0.25, 0.3) is 0 Å². The number of fused-ring (bicyclic) bond motifs is 1. The van der Waals surface area contributed by atoms with E-state index in [4.69, 9.17) is 18.6 Å². The van der Waals surface area contributed by atoms with Crippen LogP contribution in [0.3, 0.4) is 0 Å². The molecule has 1 aromatic heterocycles. The average molecular weight is 432 g/mol. The number of morpholine rings is 1. The zero-order valence-corrected chi connectivity index (χ0v) is 18.2. The number of carbonyl (C=O) groups excluding carboxylic acids is 1. The second-order valence-corrected chi connectivity index (χ2v) is 8.20. The molecule has 0 spiro atoms. The summed E-state index contributed by atoms with van der Waals surface area (Å²) in [6.07, 6.45) is 1.10. The van der Waals surface area contributed by atoms with E-state index in [-0.39, 0.29) is 12.7 Å². The Balaban J connectivity index is 1.30. The van der Waals surface area contributed by atoms with Crippen LogP contribution < -0.4 is 19.7 Å². The van der Waals surface area contributed by atoms with Crippen LogP contribution >= 0.6 is 0 Å². The lowest BCUT2D eigenvalue weighted by molar-refractivity contribution is -0.909. The van der Waals surface area contributed by atoms with Crippen LogP contribution in [0.15, 0.2) is 34.7 Å². The van der Waals surface area contributed by atoms with Crippen molar-refractivity contribution < 1.29 is 33.6 Å². The Morgan fingerprint density at radius 3 is 2.74 bits per heavy atom. The van der Waals surface area contributed by atoms with Crippen molar-refractivity contribution in [2.24, 2.45) is 0 Å². The maximum Gasteiger partial charge on any atom is 0.278 e. The highest BCUT2D eigenvalue weighted by molar-refractivity contribution is 5.77. The van der Waals surface area contributed by atoms with Gasteiger partial charge in [-0.05, 0) is 36.8 Å². The number of rotatable bonds is 10. The third-order valence-corrected chi connectivity index (χ3v) is 5.76. The number of carbonyl (C=O) groups is 1. The number of nitrogens with one attached hydrogen (secondary N) is 1. The summed E-state index contributed by atoms with van der Waals surface area (Å²) in [5.74, 6) is 3.23. The molecule has 31 heavy (non-hydrogen) atoms. The molecule has 1 amide bonds. The monoisotopic (exact) mass is 431 g/mol. The van der Waals surface area contributed by atoms with E-state index in [1.54, 1.807) is 4.90 Å². The minimum atomic E-state index is 0.102. The Labute approximate surface area is 183 Å². The van der Waals surface area contributed by atoms with Crippen LogP contribution in [-0.4, -0.2) is 63.5 Å². The molecule has 168 valence electrons. The highest BCUT2D eigenvalue weighted by Gasteiger charge is 2.20. The van der Waals surface area contributed by atoms with Crippen LogP contribution in [0.2, 0.25) is 0 Å². The van der Waals surface area contributed by atoms with Gasteiger partial charge in [-0.3, -0.25) is 4.79 Å². The van der Waals surface area contributed by atoms with Crippen LogP contribution in [0, 0.1) is 6.92 Å². The SMILES string of the molecule is Cc1ccc(CN(Cc2ccc3c(c2)OCO3)C(=O)C[NH2+]CCC[NH+]2CCOCC2)o1. The Hall–Kier alpha value is -2.55. The Kier molecular flexibility index (Phi) is 7.45. The van der Waals surface area contributed by atoms with E-state index < -0.39 is 0 Å². The van der Waals surface area contributed by atoms with Crippen molar-refractivity contribution in [1.29, 1.82) is 0 Å². The van der Waals surface area contributed by atoms with Crippen LogP contribution in [0.5, 0.6) is 11.5 Å². The summed E-state index contributed by atoms with van der Waals surface area (Å²) in [6, 6.07) is 9.70. The fourth-order valence-electron chi connectivity index (χ4n) is 4.01. The van der Waals surface area contributed by atoms with Crippen molar-refractivity contribution in [3.05, 3.63) is 47.4 Å². The van der Waals surface area contributed by atoms with Gasteiger partial charge >= 0.3 is 0 Å². The van der Waals surface area contributed by atoms with E-state index in [2.05, 4.69) is 5.32 Å². The van der Waals surface area contributed by atoms with Gasteiger partial charge in [0.2, 0.25) is 6.79 Å². The topological polar surface area (TPSA) is 82.2 Å². The molecular weight excluding hydrogens is 398 g/mol. The largest absolute Gasteiger partial charge is 0.464 e. The first-order chi connectivity index (χ1) is 15.2. The predicted octanol–water partition coefficient (Wildman–Crippen LogP) is -0.286. The summed E-state index contributed by atoms with van der Waals surface area (Å²) in [6.45, 7) is 9.53. The van der Waals surface area contributed by atoms with Gasteiger partial charge in [0.15, 0.2) is 18.0 Å². The number of nitrogens with two attached hydrogens (primary N) is 1. The molecular formula is C23H33N3O5+2. The summed E-state index contributed by atoms with van der Waals surface area (Å²) < 4.78 is 22.0. The normalized spacial score (nSPS) is 15.9. The molecule has 2 aliphatic rings. The number of nitrogens with zero attached hydrogens (tertiary/aromatic N) is 1. The molecule has 2 aliphatic heterocycles. The molecule has 1 saturated heterocycles. The van der Waals surface area contributed by atoms with E-state index in [0.717, 1.165) is 74.4 Å². The lowest BCUT2D eigenvalue weighted by Gasteiger charge is -2.23. The summed E-state index contributed by atoms with van der Waals surface area (Å²) in [7, 11) is 0. The van der Waals surface area contributed by atoms with Gasteiger partial charge in [0.05, 0.1) is 32.8 Å². The second kappa shape index (κ2) is 10.7. The van der Waals surface area contributed by atoms with E-state index in [9.17, 15) is 4.79 Å². The third kappa shape index (κ3) is 6.22. The Morgan fingerprint density at radius 2 is 1.94 bits per heavy atom. The molecule has 1 aromatic carbocycles. The number of benzene rings is 1. The van der Waals surface area contributed by atoms with Crippen LogP contribution in [-0.2, 0) is 22.6 Å². The second-order valence-electron chi connectivity index (χ2n) is 8.20. The number of aryl methyl sites for hydroxylation is 1. The molecule has 1 fully saturated rings. The summed E-state index contributed by atoms with van der Waals surface area (Å²) >= 11 is 0. The van der Waals surface area contributed by atoms with Crippen LogP contribution in [0.4, 0.5) is 0 Å². The number of hydrogen-bond donors (Lipinski definition) is 2. The number of quaternary nitrogens is 2. The number of hydrogen-bond acceptors (Lipinski definition) is 5. The molecule has 0 unspecified atom stereocenters. The minimum Gasteiger partial charge on any atom is -0.464 e. The van der Waals surface area contributed by atoms with Crippen molar-refractivity contribution in [3.63, 3.8) is 0 Å². The first kappa shape index (κ1) is 21.7. The lowest BCUT2D eigenvalue weighted by Crippen LogP contribution is -3.14. The third-order valence-electron chi connectivity index (χ3n) is 5.76. The highest BCUT2D eigenvalue weighted by Crippen LogP contribution is 2.32. The molecule has 0 atom stereocenters. The van der Waals surface area contributed by atoms with E-state index >= 15 is 0 Å². The Bertz CT molecular complexity index is 863. The molecule has 0 saturated carbocycles. The molecule has 2 aromatic rings. The maximum absolute atomic E-state index is 13.0. The summed E-state index contributed by atoms with van der Waals surface area (Å²) in [4.78, 5) is 16.5. The van der Waals surface area contributed by atoms with Crippen molar-refractivity contribution in [1.82, 2.24) is 4.90 Å². The van der Waals surface area contributed by atoms with Gasteiger partial charge in [0.1, 0.15) is 24.6 Å². The first-order valence-electron chi connectivity index (χ1n) is 11.1. The number of amides is 1. The van der Waals surface area contributed by atoms with E-state index in [1.165, 1.54) is 0 Å². The Morgan fingerprint density at radius 1 is 1.10 bits per heavy atom. The van der Waals surface area contributed by atoms with Crippen molar-refractivity contribution >= 4 is 5.91 Å². The fraction of sp³-hybridized carbons (Fsp3) is 0.522. The standard InChI is InChI=1S/C23H31N3O5/c1-18-3-5-20(31-18)16-26(15-19-4-6-21-22(13-19)30-17-29-21)23(27)14-24-7-2-8-25-9-11-28-12-10-25/h3-6,13,24H,2,7-12,14-17H2,1H3/p+2. The van der Waals surface area contributed by atoms with Gasteiger partial charge in [0.25, 0.3) is 5.91 Å².